The molecular formula is C18H17ClN2O. The van der Waals surface area contributed by atoms with Gasteiger partial charge in [0, 0.05) is 39.1 Å². The van der Waals surface area contributed by atoms with Gasteiger partial charge in [-0.1, -0.05) is 17.7 Å². The van der Waals surface area contributed by atoms with Gasteiger partial charge in [0.25, 0.3) is 0 Å². The standard InChI is InChI=1S/C18H17ClN2O/c1-11-9-14(19)10-16-17(15-5-4-6-20-12(15)2)13(3)21(7-8-22)18(11)16/h4-6,8-10H,7H2,1-3H3. The van der Waals surface area contributed by atoms with Crippen LogP contribution in [0, 0.1) is 20.8 Å². The summed E-state index contributed by atoms with van der Waals surface area (Å²) in [6.07, 6.45) is 2.72. The highest BCUT2D eigenvalue weighted by molar-refractivity contribution is 6.31. The number of nitrogens with zero attached hydrogens (tertiary/aromatic N) is 2. The Labute approximate surface area is 134 Å². The number of rotatable bonds is 3. The van der Waals surface area contributed by atoms with E-state index in [0.29, 0.717) is 11.6 Å². The molecule has 0 aliphatic carbocycles. The fourth-order valence-corrected chi connectivity index (χ4v) is 3.45. The Morgan fingerprint density at radius 2 is 2.05 bits per heavy atom. The zero-order chi connectivity index (χ0) is 15.9. The predicted molar refractivity (Wildman–Crippen MR) is 90.5 cm³/mol. The molecule has 22 heavy (non-hydrogen) atoms. The summed E-state index contributed by atoms with van der Waals surface area (Å²) in [6.45, 7) is 6.40. The molecule has 112 valence electrons. The minimum atomic E-state index is 0.337. The van der Waals surface area contributed by atoms with Crippen LogP contribution in [-0.2, 0) is 11.3 Å². The average molecular weight is 313 g/mol. The lowest BCUT2D eigenvalue weighted by molar-refractivity contribution is -0.108. The Morgan fingerprint density at radius 1 is 1.27 bits per heavy atom. The molecule has 0 bridgehead atoms. The highest BCUT2D eigenvalue weighted by Gasteiger charge is 2.19. The van der Waals surface area contributed by atoms with E-state index in [-0.39, 0.29) is 0 Å². The number of aryl methyl sites for hydroxylation is 2. The van der Waals surface area contributed by atoms with Crippen molar-refractivity contribution >= 4 is 28.8 Å². The number of fused-ring (bicyclic) bond motifs is 1. The van der Waals surface area contributed by atoms with Crippen molar-refractivity contribution in [2.75, 3.05) is 0 Å². The molecule has 0 unspecified atom stereocenters. The molecule has 0 fully saturated rings. The van der Waals surface area contributed by atoms with Gasteiger partial charge in [0.1, 0.15) is 6.29 Å². The third-order valence-corrected chi connectivity index (χ3v) is 4.32. The van der Waals surface area contributed by atoms with Gasteiger partial charge in [-0.15, -0.1) is 0 Å². The number of pyridine rings is 1. The van der Waals surface area contributed by atoms with Crippen molar-refractivity contribution in [3.8, 4) is 11.1 Å². The topological polar surface area (TPSA) is 34.9 Å². The number of benzene rings is 1. The minimum Gasteiger partial charge on any atom is -0.337 e. The summed E-state index contributed by atoms with van der Waals surface area (Å²) >= 11 is 6.27. The smallest absolute Gasteiger partial charge is 0.139 e. The number of carbonyl (C=O) groups excluding carboxylic acids is 1. The van der Waals surface area contributed by atoms with Crippen LogP contribution in [0.5, 0.6) is 0 Å². The Morgan fingerprint density at radius 3 is 2.73 bits per heavy atom. The van der Waals surface area contributed by atoms with E-state index in [0.717, 1.165) is 45.3 Å². The molecule has 0 atom stereocenters. The summed E-state index contributed by atoms with van der Waals surface area (Å²) in [5.74, 6) is 0. The fourth-order valence-electron chi connectivity index (χ4n) is 3.17. The highest BCUT2D eigenvalue weighted by atomic mass is 35.5. The Hall–Kier alpha value is -2.13. The Kier molecular flexibility index (Phi) is 3.75. The molecule has 0 amide bonds. The lowest BCUT2D eigenvalue weighted by Crippen LogP contribution is -2.02. The van der Waals surface area contributed by atoms with Crippen molar-refractivity contribution in [2.24, 2.45) is 0 Å². The van der Waals surface area contributed by atoms with Gasteiger partial charge in [0.05, 0.1) is 12.1 Å². The molecule has 0 aliphatic heterocycles. The molecular weight excluding hydrogens is 296 g/mol. The summed E-state index contributed by atoms with van der Waals surface area (Å²) in [5, 5.41) is 1.77. The van der Waals surface area contributed by atoms with E-state index in [4.69, 9.17) is 11.6 Å². The summed E-state index contributed by atoms with van der Waals surface area (Å²) in [6, 6.07) is 7.90. The molecule has 0 N–H and O–H groups in total. The number of aromatic nitrogens is 2. The van der Waals surface area contributed by atoms with E-state index < -0.39 is 0 Å². The van der Waals surface area contributed by atoms with Crippen molar-refractivity contribution in [3.63, 3.8) is 0 Å². The molecule has 3 rings (SSSR count). The summed E-state index contributed by atoms with van der Waals surface area (Å²) in [4.78, 5) is 15.5. The van der Waals surface area contributed by atoms with Gasteiger partial charge in [-0.05, 0) is 44.5 Å². The maximum atomic E-state index is 11.1. The van der Waals surface area contributed by atoms with E-state index in [9.17, 15) is 4.79 Å². The zero-order valence-corrected chi connectivity index (χ0v) is 13.6. The van der Waals surface area contributed by atoms with Crippen LogP contribution in [0.1, 0.15) is 17.0 Å². The number of aldehydes is 1. The maximum Gasteiger partial charge on any atom is 0.139 e. The van der Waals surface area contributed by atoms with Crippen molar-refractivity contribution in [3.05, 3.63) is 52.4 Å². The first-order chi connectivity index (χ1) is 10.5. The molecule has 2 aromatic heterocycles. The van der Waals surface area contributed by atoms with Crippen molar-refractivity contribution in [1.29, 1.82) is 0 Å². The fraction of sp³-hybridized carbons (Fsp3) is 0.222. The van der Waals surface area contributed by atoms with Gasteiger partial charge < -0.3 is 9.36 Å². The van der Waals surface area contributed by atoms with Crippen LogP contribution in [-0.4, -0.2) is 15.8 Å². The first-order valence-corrected chi connectivity index (χ1v) is 7.57. The average Bonchev–Trinajstić information content (AvgIpc) is 2.73. The van der Waals surface area contributed by atoms with Crippen molar-refractivity contribution in [2.45, 2.75) is 27.3 Å². The third kappa shape index (κ3) is 2.22. The van der Waals surface area contributed by atoms with Gasteiger partial charge in [-0.3, -0.25) is 4.98 Å². The van der Waals surface area contributed by atoms with E-state index in [1.165, 1.54) is 0 Å². The molecule has 3 nitrogen and oxygen atoms in total. The minimum absolute atomic E-state index is 0.337. The first-order valence-electron chi connectivity index (χ1n) is 7.19. The first kappa shape index (κ1) is 14.8. The molecule has 0 radical (unpaired) electrons. The number of halogens is 1. The SMILES string of the molecule is Cc1ncccc1-c1c(C)n(CC=O)c2c(C)cc(Cl)cc12. The molecule has 0 saturated heterocycles. The predicted octanol–water partition coefficient (Wildman–Crippen LogP) is 4.48. The largest absolute Gasteiger partial charge is 0.337 e. The lowest BCUT2D eigenvalue weighted by Gasteiger charge is -2.07. The van der Waals surface area contributed by atoms with Gasteiger partial charge in [0.15, 0.2) is 0 Å². The van der Waals surface area contributed by atoms with E-state index in [2.05, 4.69) is 15.6 Å². The van der Waals surface area contributed by atoms with Gasteiger partial charge in [0.2, 0.25) is 0 Å². The lowest BCUT2D eigenvalue weighted by atomic mass is 10.0. The molecule has 0 spiro atoms. The van der Waals surface area contributed by atoms with Crippen LogP contribution in [0.4, 0.5) is 0 Å². The van der Waals surface area contributed by atoms with E-state index in [1.807, 2.05) is 39.0 Å². The van der Waals surface area contributed by atoms with Crippen LogP contribution in [0.25, 0.3) is 22.0 Å². The number of carbonyl (C=O) groups is 1. The number of hydrogen-bond acceptors (Lipinski definition) is 2. The summed E-state index contributed by atoms with van der Waals surface area (Å²) in [7, 11) is 0. The van der Waals surface area contributed by atoms with Crippen LogP contribution in [0.15, 0.2) is 30.5 Å². The van der Waals surface area contributed by atoms with Crippen LogP contribution in [0.3, 0.4) is 0 Å². The van der Waals surface area contributed by atoms with Crippen molar-refractivity contribution in [1.82, 2.24) is 9.55 Å². The third-order valence-electron chi connectivity index (χ3n) is 4.10. The summed E-state index contributed by atoms with van der Waals surface area (Å²) < 4.78 is 2.05. The Bertz CT molecular complexity index is 880. The molecule has 0 saturated carbocycles. The van der Waals surface area contributed by atoms with Crippen LogP contribution >= 0.6 is 11.6 Å². The van der Waals surface area contributed by atoms with Crippen LogP contribution in [0.2, 0.25) is 5.02 Å². The molecule has 2 heterocycles. The second-order valence-corrected chi connectivity index (χ2v) is 5.93. The second kappa shape index (κ2) is 5.58. The molecule has 3 aromatic rings. The zero-order valence-electron chi connectivity index (χ0n) is 12.9. The molecule has 4 heteroatoms. The normalized spacial score (nSPS) is 11.1. The molecule has 0 aliphatic rings. The maximum absolute atomic E-state index is 11.1. The highest BCUT2D eigenvalue weighted by Crippen LogP contribution is 2.38. The van der Waals surface area contributed by atoms with Crippen molar-refractivity contribution < 1.29 is 4.79 Å². The molecule has 1 aromatic carbocycles. The van der Waals surface area contributed by atoms with Crippen LogP contribution < -0.4 is 0 Å². The van der Waals surface area contributed by atoms with E-state index >= 15 is 0 Å². The quantitative estimate of drug-likeness (QED) is 0.668. The Balaban J connectivity index is 2.47. The van der Waals surface area contributed by atoms with Gasteiger partial charge in [-0.25, -0.2) is 0 Å². The van der Waals surface area contributed by atoms with Gasteiger partial charge in [-0.2, -0.15) is 0 Å². The van der Waals surface area contributed by atoms with E-state index in [1.54, 1.807) is 6.20 Å². The second-order valence-electron chi connectivity index (χ2n) is 5.49. The van der Waals surface area contributed by atoms with Gasteiger partial charge >= 0.3 is 0 Å². The summed E-state index contributed by atoms with van der Waals surface area (Å²) in [5.41, 5.74) is 6.34. The number of hydrogen-bond donors (Lipinski definition) is 0. The monoisotopic (exact) mass is 312 g/mol.